The van der Waals surface area contributed by atoms with Crippen LogP contribution in [-0.2, 0) is 9.47 Å². The van der Waals surface area contributed by atoms with E-state index in [2.05, 4.69) is 19.9 Å². The fourth-order valence-corrected chi connectivity index (χ4v) is 1.80. The minimum absolute atomic E-state index is 0.206. The highest BCUT2D eigenvalue weighted by molar-refractivity contribution is 4.77. The van der Waals surface area contributed by atoms with E-state index in [9.17, 15) is 0 Å². The highest BCUT2D eigenvalue weighted by Crippen LogP contribution is 2.13. The van der Waals surface area contributed by atoms with Crippen LogP contribution in [0.3, 0.4) is 0 Å². The molecule has 2 atom stereocenters. The molecule has 0 amide bonds. The first-order valence-corrected chi connectivity index (χ1v) is 7.21. The molecular weight excluding hydrogens is 240 g/mol. The summed E-state index contributed by atoms with van der Waals surface area (Å²) in [5.41, 5.74) is 0. The molecule has 0 aromatic heterocycles. The van der Waals surface area contributed by atoms with Crippen molar-refractivity contribution in [3.05, 3.63) is 0 Å². The summed E-state index contributed by atoms with van der Waals surface area (Å²) in [5, 5.41) is 17.2. The molecule has 0 rings (SSSR count). The quantitative estimate of drug-likeness (QED) is 0.507. The maximum atomic E-state index is 8.71. The molecule has 2 unspecified atom stereocenters. The van der Waals surface area contributed by atoms with Crippen molar-refractivity contribution in [1.29, 1.82) is 10.5 Å². The molecule has 0 aliphatic carbocycles. The van der Waals surface area contributed by atoms with Gasteiger partial charge in [-0.2, -0.15) is 10.5 Å². The van der Waals surface area contributed by atoms with Crippen molar-refractivity contribution in [2.24, 2.45) is 5.92 Å². The molecule has 19 heavy (non-hydrogen) atoms. The number of hydrogen-bond donors (Lipinski definition) is 0. The highest BCUT2D eigenvalue weighted by atomic mass is 16.5. The predicted octanol–water partition coefficient (Wildman–Crippen LogP) is 3.43. The normalized spacial score (nSPS) is 13.5. The molecular formula is C15H26N2O2. The average Bonchev–Trinajstić information content (AvgIpc) is 2.42. The number of unbranched alkanes of at least 4 members (excludes halogenated alkanes) is 1. The molecule has 0 bridgehead atoms. The fraction of sp³-hybridized carbons (Fsp3) is 0.867. The van der Waals surface area contributed by atoms with Crippen molar-refractivity contribution in [1.82, 2.24) is 0 Å². The lowest BCUT2D eigenvalue weighted by atomic mass is 10.0. The van der Waals surface area contributed by atoms with Gasteiger partial charge in [0.2, 0.25) is 0 Å². The predicted molar refractivity (Wildman–Crippen MR) is 74.3 cm³/mol. The van der Waals surface area contributed by atoms with E-state index < -0.39 is 0 Å². The molecule has 0 fully saturated rings. The molecule has 108 valence electrons. The zero-order valence-corrected chi connectivity index (χ0v) is 12.2. The van der Waals surface area contributed by atoms with Gasteiger partial charge in [0.15, 0.2) is 0 Å². The number of nitrogens with zero attached hydrogens (tertiary/aromatic N) is 2. The lowest BCUT2D eigenvalue weighted by Gasteiger charge is -2.18. The van der Waals surface area contributed by atoms with Crippen molar-refractivity contribution in [2.45, 2.75) is 58.5 Å². The maximum absolute atomic E-state index is 8.71. The minimum Gasteiger partial charge on any atom is -0.378 e. The third kappa shape index (κ3) is 10.5. The van der Waals surface area contributed by atoms with Crippen LogP contribution in [0.1, 0.15) is 52.4 Å². The van der Waals surface area contributed by atoms with Crippen LogP contribution >= 0.6 is 0 Å². The van der Waals surface area contributed by atoms with Gasteiger partial charge < -0.3 is 9.47 Å². The zero-order valence-electron chi connectivity index (χ0n) is 12.2. The standard InChI is InChI=1S/C15H26N2O2/c1-3-5-7-14(4-2)12-18-13-15(8-10-17)19-11-6-9-16/h14-15H,3-8,11-13H2,1-2H3. The Hall–Kier alpha value is -1.10. The van der Waals surface area contributed by atoms with Crippen LogP contribution in [0.2, 0.25) is 0 Å². The number of ether oxygens (including phenoxy) is 2. The molecule has 0 aromatic carbocycles. The topological polar surface area (TPSA) is 66.0 Å². The van der Waals surface area contributed by atoms with Crippen LogP contribution in [-0.4, -0.2) is 25.9 Å². The molecule has 0 radical (unpaired) electrons. The number of hydrogen-bond acceptors (Lipinski definition) is 4. The van der Waals surface area contributed by atoms with Gasteiger partial charge in [0.05, 0.1) is 44.3 Å². The van der Waals surface area contributed by atoms with Gasteiger partial charge in [0, 0.05) is 6.61 Å². The van der Waals surface area contributed by atoms with Crippen molar-refractivity contribution >= 4 is 0 Å². The first kappa shape index (κ1) is 17.9. The van der Waals surface area contributed by atoms with E-state index in [4.69, 9.17) is 20.0 Å². The maximum Gasteiger partial charge on any atom is 0.0938 e. The van der Waals surface area contributed by atoms with Crippen molar-refractivity contribution in [3.63, 3.8) is 0 Å². The van der Waals surface area contributed by atoms with E-state index >= 15 is 0 Å². The Morgan fingerprint density at radius 2 is 1.89 bits per heavy atom. The molecule has 0 heterocycles. The SMILES string of the molecule is CCCCC(CC)COCC(CC#N)OCCC#N. The Balaban J connectivity index is 3.83. The molecule has 0 saturated heterocycles. The fourth-order valence-electron chi connectivity index (χ4n) is 1.80. The first-order chi connectivity index (χ1) is 9.28. The third-order valence-corrected chi connectivity index (χ3v) is 3.09. The summed E-state index contributed by atoms with van der Waals surface area (Å²) in [7, 11) is 0. The van der Waals surface area contributed by atoms with Gasteiger partial charge in [-0.3, -0.25) is 0 Å². The van der Waals surface area contributed by atoms with Gasteiger partial charge in [-0.15, -0.1) is 0 Å². The van der Waals surface area contributed by atoms with Crippen molar-refractivity contribution < 1.29 is 9.47 Å². The monoisotopic (exact) mass is 266 g/mol. The first-order valence-electron chi connectivity index (χ1n) is 7.21. The van der Waals surface area contributed by atoms with Crippen LogP contribution in [0.4, 0.5) is 0 Å². The van der Waals surface area contributed by atoms with Gasteiger partial charge in [0.1, 0.15) is 0 Å². The smallest absolute Gasteiger partial charge is 0.0938 e. The van der Waals surface area contributed by atoms with Gasteiger partial charge in [-0.1, -0.05) is 33.1 Å². The van der Waals surface area contributed by atoms with Gasteiger partial charge in [-0.05, 0) is 12.3 Å². The Morgan fingerprint density at radius 1 is 1.11 bits per heavy atom. The summed E-state index contributed by atoms with van der Waals surface area (Å²) in [4.78, 5) is 0. The van der Waals surface area contributed by atoms with Crippen LogP contribution < -0.4 is 0 Å². The summed E-state index contributed by atoms with van der Waals surface area (Å²) >= 11 is 0. The minimum atomic E-state index is -0.206. The van der Waals surface area contributed by atoms with Gasteiger partial charge >= 0.3 is 0 Å². The second-order valence-electron chi connectivity index (χ2n) is 4.72. The molecule has 4 nitrogen and oxygen atoms in total. The van der Waals surface area contributed by atoms with E-state index in [0.717, 1.165) is 13.0 Å². The lowest BCUT2D eigenvalue weighted by Crippen LogP contribution is -2.22. The van der Waals surface area contributed by atoms with Gasteiger partial charge in [-0.25, -0.2) is 0 Å². The van der Waals surface area contributed by atoms with Crippen LogP contribution in [0.15, 0.2) is 0 Å². The van der Waals surface area contributed by atoms with Crippen molar-refractivity contribution in [3.8, 4) is 12.1 Å². The Labute approximate surface area is 117 Å². The summed E-state index contributed by atoms with van der Waals surface area (Å²) in [5.74, 6) is 0.599. The summed E-state index contributed by atoms with van der Waals surface area (Å²) in [6.07, 6.45) is 5.24. The van der Waals surface area contributed by atoms with Crippen LogP contribution in [0.5, 0.6) is 0 Å². The average molecular weight is 266 g/mol. The molecule has 0 saturated carbocycles. The third-order valence-electron chi connectivity index (χ3n) is 3.09. The molecule has 0 aliphatic rings. The molecule has 0 aromatic rings. The van der Waals surface area contributed by atoms with E-state index in [-0.39, 0.29) is 6.10 Å². The van der Waals surface area contributed by atoms with Crippen LogP contribution in [0, 0.1) is 28.6 Å². The van der Waals surface area contributed by atoms with Crippen molar-refractivity contribution in [2.75, 3.05) is 19.8 Å². The van der Waals surface area contributed by atoms with Crippen LogP contribution in [0.25, 0.3) is 0 Å². The number of nitriles is 2. The second kappa shape index (κ2) is 13.3. The largest absolute Gasteiger partial charge is 0.378 e. The highest BCUT2D eigenvalue weighted by Gasteiger charge is 2.11. The van der Waals surface area contributed by atoms with Gasteiger partial charge in [0.25, 0.3) is 0 Å². The summed E-state index contributed by atoms with van der Waals surface area (Å²) in [6.45, 7) is 5.93. The Bertz CT molecular complexity index is 281. The second-order valence-corrected chi connectivity index (χ2v) is 4.72. The Morgan fingerprint density at radius 3 is 2.47 bits per heavy atom. The molecule has 0 aliphatic heterocycles. The lowest BCUT2D eigenvalue weighted by molar-refractivity contribution is -0.0216. The van der Waals surface area contributed by atoms with E-state index in [1.165, 1.54) is 19.3 Å². The van der Waals surface area contributed by atoms with E-state index in [1.807, 2.05) is 6.07 Å². The Kier molecular flexibility index (Phi) is 12.6. The molecule has 4 heteroatoms. The summed E-state index contributed by atoms with van der Waals surface area (Å²) in [6, 6.07) is 4.12. The summed E-state index contributed by atoms with van der Waals surface area (Å²) < 4.78 is 11.1. The molecule has 0 spiro atoms. The number of rotatable bonds is 12. The van der Waals surface area contributed by atoms with E-state index in [1.54, 1.807) is 0 Å². The van der Waals surface area contributed by atoms with E-state index in [0.29, 0.717) is 32.0 Å². The molecule has 0 N–H and O–H groups in total. The zero-order chi connectivity index (χ0) is 14.3.